The Kier molecular flexibility index (Phi) is 4.15. The molecule has 1 atom stereocenters. The van der Waals surface area contributed by atoms with Crippen molar-refractivity contribution in [2.75, 3.05) is 13.2 Å². The van der Waals surface area contributed by atoms with Crippen LogP contribution in [-0.4, -0.2) is 24.6 Å². The van der Waals surface area contributed by atoms with Crippen LogP contribution in [0.3, 0.4) is 0 Å². The van der Waals surface area contributed by atoms with Gasteiger partial charge in [-0.25, -0.2) is 0 Å². The van der Waals surface area contributed by atoms with E-state index in [-0.39, 0.29) is 5.92 Å². The largest absolute Gasteiger partial charge is 0.508 e. The van der Waals surface area contributed by atoms with Crippen LogP contribution in [0.5, 0.6) is 5.75 Å². The molecule has 0 bridgehead atoms. The molecule has 0 aromatic heterocycles. The van der Waals surface area contributed by atoms with E-state index in [0.29, 0.717) is 18.1 Å². The average molecular weight is 234 g/mol. The van der Waals surface area contributed by atoms with Gasteiger partial charge in [0, 0.05) is 19.6 Å². The molecule has 0 aliphatic carbocycles. The summed E-state index contributed by atoms with van der Waals surface area (Å²) in [5.74, 6) is 0.852. The summed E-state index contributed by atoms with van der Waals surface area (Å²) in [7, 11) is 0. The lowest BCUT2D eigenvalue weighted by Gasteiger charge is -2.29. The molecule has 1 aromatic carbocycles. The lowest BCUT2D eigenvalue weighted by molar-refractivity contribution is -0.108. The number of carbonyl (C=O) groups excluding carboxylic acids is 1. The first-order valence-corrected chi connectivity index (χ1v) is 6.12. The summed E-state index contributed by atoms with van der Waals surface area (Å²) in [5, 5.41) is 9.89. The van der Waals surface area contributed by atoms with Gasteiger partial charge in [0.1, 0.15) is 12.0 Å². The zero-order valence-corrected chi connectivity index (χ0v) is 9.84. The van der Waals surface area contributed by atoms with Gasteiger partial charge in [-0.15, -0.1) is 0 Å². The molecule has 1 aromatic rings. The highest BCUT2D eigenvalue weighted by Gasteiger charge is 2.26. The zero-order chi connectivity index (χ0) is 12.1. The SMILES string of the molecule is O=CCC(c1ccccc1O)C1CCOCC1. The van der Waals surface area contributed by atoms with Gasteiger partial charge in [0.25, 0.3) is 0 Å². The van der Waals surface area contributed by atoms with E-state index in [2.05, 4.69) is 0 Å². The molecule has 3 nitrogen and oxygen atoms in total. The summed E-state index contributed by atoms with van der Waals surface area (Å²) < 4.78 is 5.34. The Hall–Kier alpha value is -1.35. The number of aromatic hydroxyl groups is 1. The average Bonchev–Trinajstić information content (AvgIpc) is 2.38. The van der Waals surface area contributed by atoms with Crippen LogP contribution in [0, 0.1) is 5.92 Å². The van der Waals surface area contributed by atoms with Crippen molar-refractivity contribution in [3.05, 3.63) is 29.8 Å². The number of phenols is 1. The van der Waals surface area contributed by atoms with Crippen molar-refractivity contribution in [1.29, 1.82) is 0 Å². The second-order valence-electron chi connectivity index (χ2n) is 4.52. The van der Waals surface area contributed by atoms with E-state index in [0.717, 1.165) is 37.9 Å². The lowest BCUT2D eigenvalue weighted by Crippen LogP contribution is -2.22. The third-order valence-electron chi connectivity index (χ3n) is 3.52. The topological polar surface area (TPSA) is 46.5 Å². The normalized spacial score (nSPS) is 18.8. The van der Waals surface area contributed by atoms with E-state index in [4.69, 9.17) is 4.74 Å². The number of hydrogen-bond donors (Lipinski definition) is 1. The fraction of sp³-hybridized carbons (Fsp3) is 0.500. The van der Waals surface area contributed by atoms with Crippen LogP contribution in [0.2, 0.25) is 0 Å². The molecule has 1 saturated heterocycles. The molecule has 0 spiro atoms. The standard InChI is InChI=1S/C14H18O3/c15-8-5-12(11-6-9-17-10-7-11)13-3-1-2-4-14(13)16/h1-4,8,11-12,16H,5-7,9-10H2. The third-order valence-corrected chi connectivity index (χ3v) is 3.52. The summed E-state index contributed by atoms with van der Waals surface area (Å²) in [6.07, 6.45) is 3.36. The molecule has 1 heterocycles. The predicted octanol–water partition coefficient (Wildman–Crippen LogP) is 2.49. The molecule has 0 radical (unpaired) electrons. The van der Waals surface area contributed by atoms with Gasteiger partial charge in [-0.2, -0.15) is 0 Å². The van der Waals surface area contributed by atoms with Crippen LogP contribution in [0.4, 0.5) is 0 Å². The first-order valence-electron chi connectivity index (χ1n) is 6.12. The number of para-hydroxylation sites is 1. The van der Waals surface area contributed by atoms with Crippen LogP contribution in [-0.2, 0) is 9.53 Å². The van der Waals surface area contributed by atoms with Gasteiger partial charge in [0.05, 0.1) is 0 Å². The Bertz CT molecular complexity index is 369. The van der Waals surface area contributed by atoms with E-state index >= 15 is 0 Å². The lowest BCUT2D eigenvalue weighted by atomic mass is 9.79. The first kappa shape index (κ1) is 12.1. The minimum atomic E-state index is 0.123. The maximum absolute atomic E-state index is 10.8. The molecule has 1 aliphatic heterocycles. The van der Waals surface area contributed by atoms with E-state index in [1.807, 2.05) is 12.1 Å². The van der Waals surface area contributed by atoms with Crippen LogP contribution >= 0.6 is 0 Å². The van der Waals surface area contributed by atoms with Gasteiger partial charge in [-0.3, -0.25) is 0 Å². The van der Waals surface area contributed by atoms with Gasteiger partial charge >= 0.3 is 0 Å². The number of aldehydes is 1. The molecule has 2 rings (SSSR count). The number of hydrogen-bond acceptors (Lipinski definition) is 3. The van der Waals surface area contributed by atoms with Crippen LogP contribution in [0.15, 0.2) is 24.3 Å². The van der Waals surface area contributed by atoms with Crippen molar-refractivity contribution in [2.24, 2.45) is 5.92 Å². The van der Waals surface area contributed by atoms with E-state index in [1.165, 1.54) is 0 Å². The maximum atomic E-state index is 10.8. The Morgan fingerprint density at radius 3 is 2.71 bits per heavy atom. The summed E-state index contributed by atoms with van der Waals surface area (Å²) in [6, 6.07) is 7.32. The first-order chi connectivity index (χ1) is 8.33. The number of ether oxygens (including phenoxy) is 1. The smallest absolute Gasteiger partial charge is 0.120 e. The number of benzene rings is 1. The van der Waals surface area contributed by atoms with Gasteiger partial charge in [0.2, 0.25) is 0 Å². The zero-order valence-electron chi connectivity index (χ0n) is 9.84. The van der Waals surface area contributed by atoms with Crippen molar-refractivity contribution in [2.45, 2.75) is 25.2 Å². The highest BCUT2D eigenvalue weighted by atomic mass is 16.5. The Morgan fingerprint density at radius 1 is 1.35 bits per heavy atom. The molecule has 92 valence electrons. The number of phenolic OH excluding ortho intramolecular Hbond substituents is 1. The molecular formula is C14H18O3. The Labute approximate surface area is 101 Å². The predicted molar refractivity (Wildman–Crippen MR) is 65.1 cm³/mol. The highest BCUT2D eigenvalue weighted by Crippen LogP contribution is 2.37. The van der Waals surface area contributed by atoms with Crippen LogP contribution < -0.4 is 0 Å². The van der Waals surface area contributed by atoms with Gasteiger partial charge in [-0.05, 0) is 36.3 Å². The fourth-order valence-electron chi connectivity index (χ4n) is 2.60. The summed E-state index contributed by atoms with van der Waals surface area (Å²) in [5.41, 5.74) is 0.895. The van der Waals surface area contributed by atoms with Crippen molar-refractivity contribution in [1.82, 2.24) is 0 Å². The second-order valence-corrected chi connectivity index (χ2v) is 4.52. The van der Waals surface area contributed by atoms with Crippen LogP contribution in [0.1, 0.15) is 30.7 Å². The van der Waals surface area contributed by atoms with E-state index < -0.39 is 0 Å². The summed E-state index contributed by atoms with van der Waals surface area (Å²) >= 11 is 0. The fourth-order valence-corrected chi connectivity index (χ4v) is 2.60. The van der Waals surface area contributed by atoms with Gasteiger partial charge in [0.15, 0.2) is 0 Å². The number of carbonyl (C=O) groups is 1. The van der Waals surface area contributed by atoms with Crippen molar-refractivity contribution >= 4 is 6.29 Å². The molecule has 3 heteroatoms. The number of rotatable bonds is 4. The van der Waals surface area contributed by atoms with Crippen molar-refractivity contribution < 1.29 is 14.6 Å². The van der Waals surface area contributed by atoms with Gasteiger partial charge in [-0.1, -0.05) is 18.2 Å². The molecule has 1 aliphatic rings. The maximum Gasteiger partial charge on any atom is 0.120 e. The van der Waals surface area contributed by atoms with E-state index in [9.17, 15) is 9.90 Å². The van der Waals surface area contributed by atoms with Crippen molar-refractivity contribution in [3.8, 4) is 5.75 Å². The molecular weight excluding hydrogens is 216 g/mol. The summed E-state index contributed by atoms with van der Waals surface area (Å²) in [4.78, 5) is 10.8. The van der Waals surface area contributed by atoms with E-state index in [1.54, 1.807) is 12.1 Å². The highest BCUT2D eigenvalue weighted by molar-refractivity contribution is 5.53. The molecule has 1 unspecified atom stereocenters. The quantitative estimate of drug-likeness (QED) is 0.814. The minimum Gasteiger partial charge on any atom is -0.508 e. The molecule has 0 saturated carbocycles. The summed E-state index contributed by atoms with van der Waals surface area (Å²) in [6.45, 7) is 1.52. The molecule has 0 amide bonds. The third kappa shape index (κ3) is 2.86. The van der Waals surface area contributed by atoms with Crippen LogP contribution in [0.25, 0.3) is 0 Å². The molecule has 1 N–H and O–H groups in total. The minimum absolute atomic E-state index is 0.123. The second kappa shape index (κ2) is 5.82. The Morgan fingerprint density at radius 2 is 2.06 bits per heavy atom. The molecule has 1 fully saturated rings. The molecule has 17 heavy (non-hydrogen) atoms. The Balaban J connectivity index is 2.21. The van der Waals surface area contributed by atoms with Gasteiger partial charge < -0.3 is 14.6 Å². The monoisotopic (exact) mass is 234 g/mol. The van der Waals surface area contributed by atoms with Crippen molar-refractivity contribution in [3.63, 3.8) is 0 Å².